The van der Waals surface area contributed by atoms with Gasteiger partial charge in [0.15, 0.2) is 6.10 Å². The summed E-state index contributed by atoms with van der Waals surface area (Å²) in [5.74, 6) is 1.45. The molecule has 5 nitrogen and oxygen atoms in total. The molecule has 2 amide bonds. The molecule has 2 aromatic carbocycles. The Balaban J connectivity index is 1.94. The number of amides is 2. The average Bonchev–Trinajstić information content (AvgIpc) is 2.80. The third kappa shape index (κ3) is 6.40. The minimum Gasteiger partial charge on any atom is -0.481 e. The Morgan fingerprint density at radius 3 is 2.38 bits per heavy atom. The molecule has 0 bridgehead atoms. The van der Waals surface area contributed by atoms with Crippen LogP contribution in [0.15, 0.2) is 42.5 Å². The summed E-state index contributed by atoms with van der Waals surface area (Å²) in [4.78, 5) is 27.9. The Bertz CT molecular complexity index is 981. The number of nitrogens with zero attached hydrogens (tertiary/aromatic N) is 1. The largest absolute Gasteiger partial charge is 0.481 e. The number of carbonyl (C=O) groups is 2. The molecule has 0 aromatic heterocycles. The lowest BCUT2D eigenvalue weighted by molar-refractivity contribution is -0.134. The molecule has 1 N–H and O–H groups in total. The molecule has 184 valence electrons. The second kappa shape index (κ2) is 11.5. The predicted molar refractivity (Wildman–Crippen MR) is 137 cm³/mol. The normalized spacial score (nSPS) is 16.4. The molecule has 1 heterocycles. The van der Waals surface area contributed by atoms with Crippen molar-refractivity contribution in [1.82, 2.24) is 10.2 Å². The van der Waals surface area contributed by atoms with Crippen LogP contribution in [-0.2, 0) is 16.0 Å². The van der Waals surface area contributed by atoms with Gasteiger partial charge in [-0.3, -0.25) is 9.59 Å². The first-order chi connectivity index (χ1) is 16.2. The number of rotatable bonds is 9. The molecule has 0 unspecified atom stereocenters. The van der Waals surface area contributed by atoms with E-state index >= 15 is 0 Å². The maximum Gasteiger partial charge on any atom is 0.261 e. The first-order valence-electron chi connectivity index (χ1n) is 12.6. The Kier molecular flexibility index (Phi) is 8.76. The summed E-state index contributed by atoms with van der Waals surface area (Å²) in [6, 6.07) is 14.4. The highest BCUT2D eigenvalue weighted by Crippen LogP contribution is 2.38. The zero-order valence-corrected chi connectivity index (χ0v) is 21.6. The highest BCUT2D eigenvalue weighted by atomic mass is 16.5. The molecule has 0 saturated carbocycles. The average molecular weight is 465 g/mol. The van der Waals surface area contributed by atoms with Gasteiger partial charge in [0.2, 0.25) is 5.91 Å². The predicted octanol–water partition coefficient (Wildman–Crippen LogP) is 5.44. The summed E-state index contributed by atoms with van der Waals surface area (Å²) in [5.41, 5.74) is 4.60. The minimum absolute atomic E-state index is 0.0854. The summed E-state index contributed by atoms with van der Waals surface area (Å²) in [5, 5.41) is 2.98. The second-order valence-electron chi connectivity index (χ2n) is 10.3. The summed E-state index contributed by atoms with van der Waals surface area (Å²) < 4.78 is 6.17. The van der Waals surface area contributed by atoms with E-state index in [-0.39, 0.29) is 17.9 Å². The van der Waals surface area contributed by atoms with E-state index in [9.17, 15) is 9.59 Å². The van der Waals surface area contributed by atoms with Gasteiger partial charge in [0.25, 0.3) is 5.91 Å². The molecule has 1 aliphatic heterocycles. The van der Waals surface area contributed by atoms with E-state index in [0.717, 1.165) is 17.5 Å². The van der Waals surface area contributed by atoms with E-state index in [0.29, 0.717) is 43.5 Å². The van der Waals surface area contributed by atoms with Crippen molar-refractivity contribution in [3.05, 3.63) is 64.7 Å². The fourth-order valence-electron chi connectivity index (χ4n) is 4.41. The number of aryl methyl sites for hydroxylation is 1. The van der Waals surface area contributed by atoms with Gasteiger partial charge < -0.3 is 15.0 Å². The second-order valence-corrected chi connectivity index (χ2v) is 10.3. The van der Waals surface area contributed by atoms with Gasteiger partial charge in [-0.25, -0.2) is 0 Å². The van der Waals surface area contributed by atoms with E-state index < -0.39 is 6.10 Å². The van der Waals surface area contributed by atoms with Crippen LogP contribution in [-0.4, -0.2) is 35.9 Å². The van der Waals surface area contributed by atoms with Crippen molar-refractivity contribution in [2.45, 2.75) is 73.0 Å². The molecule has 3 rings (SSSR count). The summed E-state index contributed by atoms with van der Waals surface area (Å²) in [6.07, 6.45) is 1.38. The lowest BCUT2D eigenvalue weighted by Gasteiger charge is -2.38. The van der Waals surface area contributed by atoms with Gasteiger partial charge in [0.1, 0.15) is 5.75 Å². The fourth-order valence-corrected chi connectivity index (χ4v) is 4.41. The van der Waals surface area contributed by atoms with Gasteiger partial charge in [0, 0.05) is 19.5 Å². The Hall–Kier alpha value is -2.82. The molecule has 0 radical (unpaired) electrons. The van der Waals surface area contributed by atoms with Gasteiger partial charge >= 0.3 is 0 Å². The molecule has 1 aliphatic rings. The molecule has 0 aliphatic carbocycles. The maximum atomic E-state index is 13.2. The lowest BCUT2D eigenvalue weighted by atomic mass is 9.87. The Labute approximate surface area is 204 Å². The zero-order chi connectivity index (χ0) is 24.8. The number of hydrogen-bond donors (Lipinski definition) is 1. The molecule has 2 atom stereocenters. The number of fused-ring (bicyclic) bond motifs is 1. The van der Waals surface area contributed by atoms with Gasteiger partial charge in [0.05, 0.1) is 6.04 Å². The van der Waals surface area contributed by atoms with Crippen molar-refractivity contribution in [3.63, 3.8) is 0 Å². The number of nitrogens with one attached hydrogen (secondary N) is 1. The molecular weight excluding hydrogens is 424 g/mol. The summed E-state index contributed by atoms with van der Waals surface area (Å²) in [6.45, 7) is 13.7. The van der Waals surface area contributed by atoms with E-state index in [4.69, 9.17) is 4.74 Å². The smallest absolute Gasteiger partial charge is 0.261 e. The van der Waals surface area contributed by atoms with E-state index in [1.54, 1.807) is 0 Å². The first-order valence-corrected chi connectivity index (χ1v) is 12.6. The lowest BCUT2D eigenvalue weighted by Crippen LogP contribution is -2.41. The van der Waals surface area contributed by atoms with Gasteiger partial charge in [-0.2, -0.15) is 0 Å². The van der Waals surface area contributed by atoms with Crippen LogP contribution in [0.4, 0.5) is 0 Å². The van der Waals surface area contributed by atoms with Crippen molar-refractivity contribution < 1.29 is 14.3 Å². The topological polar surface area (TPSA) is 58.6 Å². The number of hydrogen-bond acceptors (Lipinski definition) is 3. The molecule has 2 aromatic rings. The van der Waals surface area contributed by atoms with Crippen LogP contribution in [0.1, 0.15) is 75.8 Å². The molecule has 0 saturated heterocycles. The van der Waals surface area contributed by atoms with Crippen LogP contribution in [0.2, 0.25) is 0 Å². The maximum absolute atomic E-state index is 13.2. The number of carbonyl (C=O) groups excluding carboxylic acids is 2. The van der Waals surface area contributed by atoms with Crippen LogP contribution in [0.25, 0.3) is 0 Å². The summed E-state index contributed by atoms with van der Waals surface area (Å²) in [7, 11) is 0. The molecular formula is C29H40N2O3. The Morgan fingerprint density at radius 2 is 1.76 bits per heavy atom. The molecule has 34 heavy (non-hydrogen) atoms. The monoisotopic (exact) mass is 464 g/mol. The van der Waals surface area contributed by atoms with Crippen molar-refractivity contribution in [2.75, 3.05) is 13.1 Å². The van der Waals surface area contributed by atoms with Crippen LogP contribution >= 0.6 is 0 Å². The van der Waals surface area contributed by atoms with E-state index in [1.165, 1.54) is 11.1 Å². The molecule has 0 spiro atoms. The van der Waals surface area contributed by atoms with Crippen LogP contribution in [0.3, 0.4) is 0 Å². The van der Waals surface area contributed by atoms with Gasteiger partial charge in [-0.05, 0) is 60.4 Å². The SMILES string of the molecule is CC[C@@H](Oc1ccc2c(c1)[C@H](c1ccc(C)cc1)N(C(=O)CC(C)C)CC2)C(=O)NCC(C)C. The van der Waals surface area contributed by atoms with E-state index in [1.807, 2.05) is 24.0 Å². The number of benzene rings is 2. The van der Waals surface area contributed by atoms with Crippen molar-refractivity contribution in [1.29, 1.82) is 0 Å². The highest BCUT2D eigenvalue weighted by Gasteiger charge is 2.33. The zero-order valence-electron chi connectivity index (χ0n) is 21.6. The third-order valence-corrected chi connectivity index (χ3v) is 6.27. The number of ether oxygens (including phenoxy) is 1. The van der Waals surface area contributed by atoms with Crippen LogP contribution < -0.4 is 10.1 Å². The van der Waals surface area contributed by atoms with Crippen LogP contribution in [0.5, 0.6) is 5.75 Å². The Morgan fingerprint density at radius 1 is 1.06 bits per heavy atom. The molecule has 5 heteroatoms. The third-order valence-electron chi connectivity index (χ3n) is 6.27. The van der Waals surface area contributed by atoms with Crippen molar-refractivity contribution in [3.8, 4) is 5.75 Å². The van der Waals surface area contributed by atoms with Crippen molar-refractivity contribution >= 4 is 11.8 Å². The van der Waals surface area contributed by atoms with Gasteiger partial charge in [-0.15, -0.1) is 0 Å². The summed E-state index contributed by atoms with van der Waals surface area (Å²) >= 11 is 0. The minimum atomic E-state index is -0.545. The fraction of sp³-hybridized carbons (Fsp3) is 0.517. The first kappa shape index (κ1) is 25.8. The molecule has 0 fully saturated rings. The van der Waals surface area contributed by atoms with Crippen LogP contribution in [0, 0.1) is 18.8 Å². The van der Waals surface area contributed by atoms with Crippen molar-refractivity contribution in [2.24, 2.45) is 11.8 Å². The highest BCUT2D eigenvalue weighted by molar-refractivity contribution is 5.81. The van der Waals surface area contributed by atoms with Gasteiger partial charge in [-0.1, -0.05) is 70.5 Å². The standard InChI is InChI=1S/C29H40N2O3/c1-7-26(29(33)30-18-20(4)5)34-24-13-12-22-14-15-31(27(32)16-19(2)3)28(25(22)17-24)23-10-8-21(6)9-11-23/h8-13,17,19-20,26,28H,7,14-16,18H2,1-6H3,(H,30,33)/t26-,28+/m1/s1. The van der Waals surface area contributed by atoms with E-state index in [2.05, 4.69) is 70.3 Å². The quantitative estimate of drug-likeness (QED) is 0.537.